The van der Waals surface area contributed by atoms with Crippen molar-refractivity contribution < 1.29 is 0 Å². The number of anilines is 2. The highest BCUT2D eigenvalue weighted by Gasteiger charge is 2.02. The van der Waals surface area contributed by atoms with E-state index in [0.29, 0.717) is 6.54 Å². The maximum absolute atomic E-state index is 5.50. The molecule has 5 heteroatoms. The second kappa shape index (κ2) is 5.62. The molecule has 0 amide bonds. The SMILES string of the molecule is Cc1cc(Nc2nc(CCN)cs2)ccc1Br. The second-order valence-corrected chi connectivity index (χ2v) is 5.48. The molecule has 90 valence electrons. The molecule has 0 spiro atoms. The minimum Gasteiger partial charge on any atom is -0.332 e. The predicted octanol–water partition coefficient (Wildman–Crippen LogP) is 3.46. The fourth-order valence-corrected chi connectivity index (χ4v) is 2.48. The number of hydrogen-bond donors (Lipinski definition) is 2. The minimum absolute atomic E-state index is 0.639. The molecule has 0 bridgehead atoms. The van der Waals surface area contributed by atoms with Crippen molar-refractivity contribution in [1.29, 1.82) is 0 Å². The first kappa shape index (κ1) is 12.5. The van der Waals surface area contributed by atoms with E-state index in [4.69, 9.17) is 5.73 Å². The van der Waals surface area contributed by atoms with Crippen LogP contribution in [0.15, 0.2) is 28.1 Å². The zero-order valence-corrected chi connectivity index (χ0v) is 11.9. The van der Waals surface area contributed by atoms with E-state index < -0.39 is 0 Å². The summed E-state index contributed by atoms with van der Waals surface area (Å²) in [5, 5.41) is 6.25. The number of aryl methyl sites for hydroxylation is 1. The second-order valence-electron chi connectivity index (χ2n) is 3.77. The van der Waals surface area contributed by atoms with Crippen molar-refractivity contribution in [1.82, 2.24) is 4.98 Å². The Morgan fingerprint density at radius 2 is 2.29 bits per heavy atom. The van der Waals surface area contributed by atoms with Crippen LogP contribution in [-0.4, -0.2) is 11.5 Å². The number of nitrogens with zero attached hydrogens (tertiary/aromatic N) is 1. The van der Waals surface area contributed by atoms with Crippen molar-refractivity contribution in [3.63, 3.8) is 0 Å². The molecule has 0 radical (unpaired) electrons. The average molecular weight is 312 g/mol. The van der Waals surface area contributed by atoms with E-state index in [0.717, 1.165) is 27.4 Å². The summed E-state index contributed by atoms with van der Waals surface area (Å²) in [5.74, 6) is 0. The minimum atomic E-state index is 0.639. The molecule has 1 heterocycles. The van der Waals surface area contributed by atoms with Gasteiger partial charge in [-0.3, -0.25) is 0 Å². The van der Waals surface area contributed by atoms with Crippen molar-refractivity contribution >= 4 is 38.1 Å². The molecule has 17 heavy (non-hydrogen) atoms. The number of hydrogen-bond acceptors (Lipinski definition) is 4. The molecule has 0 fully saturated rings. The summed E-state index contributed by atoms with van der Waals surface area (Å²) in [6.07, 6.45) is 0.831. The lowest BCUT2D eigenvalue weighted by Crippen LogP contribution is -2.02. The van der Waals surface area contributed by atoms with E-state index in [1.165, 1.54) is 5.56 Å². The molecule has 0 aliphatic rings. The molecule has 2 aromatic rings. The Balaban J connectivity index is 2.11. The van der Waals surface area contributed by atoms with Gasteiger partial charge in [0.15, 0.2) is 5.13 Å². The van der Waals surface area contributed by atoms with Gasteiger partial charge >= 0.3 is 0 Å². The van der Waals surface area contributed by atoms with Gasteiger partial charge in [-0.15, -0.1) is 11.3 Å². The number of rotatable bonds is 4. The van der Waals surface area contributed by atoms with Gasteiger partial charge in [-0.2, -0.15) is 0 Å². The van der Waals surface area contributed by atoms with E-state index in [1.54, 1.807) is 11.3 Å². The highest BCUT2D eigenvalue weighted by Crippen LogP contribution is 2.24. The molecular weight excluding hydrogens is 298 g/mol. The van der Waals surface area contributed by atoms with Crippen LogP contribution in [0.2, 0.25) is 0 Å². The number of aromatic nitrogens is 1. The summed E-state index contributed by atoms with van der Waals surface area (Å²) < 4.78 is 1.12. The van der Waals surface area contributed by atoms with Crippen molar-refractivity contribution in [3.05, 3.63) is 39.3 Å². The normalized spacial score (nSPS) is 10.5. The van der Waals surface area contributed by atoms with Crippen LogP contribution in [0.5, 0.6) is 0 Å². The molecule has 0 atom stereocenters. The third-order valence-electron chi connectivity index (χ3n) is 2.36. The van der Waals surface area contributed by atoms with Crippen molar-refractivity contribution in [2.75, 3.05) is 11.9 Å². The molecule has 2 rings (SSSR count). The predicted molar refractivity (Wildman–Crippen MR) is 77.0 cm³/mol. The Morgan fingerprint density at radius 3 is 3.00 bits per heavy atom. The summed E-state index contributed by atoms with van der Waals surface area (Å²) in [6.45, 7) is 2.71. The zero-order chi connectivity index (χ0) is 12.3. The third kappa shape index (κ3) is 3.28. The summed E-state index contributed by atoms with van der Waals surface area (Å²) in [6, 6.07) is 6.15. The largest absolute Gasteiger partial charge is 0.332 e. The molecule has 0 unspecified atom stereocenters. The molecule has 0 saturated carbocycles. The van der Waals surface area contributed by atoms with Gasteiger partial charge in [0, 0.05) is 22.0 Å². The van der Waals surface area contributed by atoms with Crippen molar-refractivity contribution in [3.8, 4) is 0 Å². The Bertz CT molecular complexity index is 510. The van der Waals surface area contributed by atoms with Crippen molar-refractivity contribution in [2.24, 2.45) is 5.73 Å². The van der Waals surface area contributed by atoms with E-state index in [-0.39, 0.29) is 0 Å². The van der Waals surface area contributed by atoms with Crippen LogP contribution in [-0.2, 0) is 6.42 Å². The molecule has 0 aliphatic carbocycles. The van der Waals surface area contributed by atoms with Crippen LogP contribution in [0.1, 0.15) is 11.3 Å². The van der Waals surface area contributed by atoms with Gasteiger partial charge < -0.3 is 11.1 Å². The van der Waals surface area contributed by atoms with E-state index in [1.807, 2.05) is 17.5 Å². The molecule has 3 N–H and O–H groups in total. The van der Waals surface area contributed by atoms with Crippen molar-refractivity contribution in [2.45, 2.75) is 13.3 Å². The summed E-state index contributed by atoms with van der Waals surface area (Å²) >= 11 is 5.09. The summed E-state index contributed by atoms with van der Waals surface area (Å²) in [4.78, 5) is 4.46. The van der Waals surface area contributed by atoms with Crippen LogP contribution < -0.4 is 11.1 Å². The Kier molecular flexibility index (Phi) is 4.15. The quantitative estimate of drug-likeness (QED) is 0.909. The fourth-order valence-electron chi connectivity index (χ4n) is 1.47. The number of nitrogens with one attached hydrogen (secondary N) is 1. The van der Waals surface area contributed by atoms with Gasteiger partial charge in [-0.05, 0) is 37.2 Å². The van der Waals surface area contributed by atoms with E-state index in [9.17, 15) is 0 Å². The Labute approximate surface area is 113 Å². The topological polar surface area (TPSA) is 50.9 Å². The number of thiazole rings is 1. The molecular formula is C12H14BrN3S. The van der Waals surface area contributed by atoms with Crippen LogP contribution >= 0.6 is 27.3 Å². The van der Waals surface area contributed by atoms with Crippen LogP contribution in [0.25, 0.3) is 0 Å². The maximum atomic E-state index is 5.50. The first-order chi connectivity index (χ1) is 8.19. The lowest BCUT2D eigenvalue weighted by atomic mass is 10.2. The lowest BCUT2D eigenvalue weighted by molar-refractivity contribution is 0.936. The number of benzene rings is 1. The average Bonchev–Trinajstić information content (AvgIpc) is 2.72. The number of nitrogens with two attached hydrogens (primary N) is 1. The van der Waals surface area contributed by atoms with Gasteiger partial charge in [0.25, 0.3) is 0 Å². The highest BCUT2D eigenvalue weighted by molar-refractivity contribution is 9.10. The number of halogens is 1. The van der Waals surface area contributed by atoms with Crippen LogP contribution in [0.4, 0.5) is 10.8 Å². The van der Waals surface area contributed by atoms with Gasteiger partial charge in [0.05, 0.1) is 5.69 Å². The first-order valence-electron chi connectivity index (χ1n) is 5.36. The highest BCUT2D eigenvalue weighted by atomic mass is 79.9. The third-order valence-corrected chi connectivity index (χ3v) is 4.06. The van der Waals surface area contributed by atoms with Gasteiger partial charge in [0.1, 0.15) is 0 Å². The molecule has 3 nitrogen and oxygen atoms in total. The van der Waals surface area contributed by atoms with E-state index >= 15 is 0 Å². The smallest absolute Gasteiger partial charge is 0.187 e. The molecule has 0 aliphatic heterocycles. The zero-order valence-electron chi connectivity index (χ0n) is 9.53. The Hall–Kier alpha value is -0.910. The monoisotopic (exact) mass is 311 g/mol. The van der Waals surface area contributed by atoms with Gasteiger partial charge in [-0.25, -0.2) is 4.98 Å². The van der Waals surface area contributed by atoms with Gasteiger partial charge in [-0.1, -0.05) is 15.9 Å². The fraction of sp³-hybridized carbons (Fsp3) is 0.250. The Morgan fingerprint density at radius 1 is 1.47 bits per heavy atom. The maximum Gasteiger partial charge on any atom is 0.187 e. The molecule has 1 aromatic heterocycles. The molecule has 0 saturated heterocycles. The lowest BCUT2D eigenvalue weighted by Gasteiger charge is -2.04. The van der Waals surface area contributed by atoms with Crippen LogP contribution in [0, 0.1) is 6.92 Å². The summed E-state index contributed by atoms with van der Waals surface area (Å²) in [5.41, 5.74) is 8.81. The standard InChI is InChI=1S/C12H14BrN3S/c1-8-6-9(2-3-11(8)13)15-12-16-10(4-5-14)7-17-12/h2-3,6-7H,4-5,14H2,1H3,(H,15,16). The first-order valence-corrected chi connectivity index (χ1v) is 7.04. The van der Waals surface area contributed by atoms with E-state index in [2.05, 4.69) is 39.2 Å². The summed E-state index contributed by atoms with van der Waals surface area (Å²) in [7, 11) is 0. The molecule has 1 aromatic carbocycles. The van der Waals surface area contributed by atoms with Crippen LogP contribution in [0.3, 0.4) is 0 Å². The van der Waals surface area contributed by atoms with Gasteiger partial charge in [0.2, 0.25) is 0 Å².